The number of amides is 1. The van der Waals surface area contributed by atoms with Crippen LogP contribution < -0.4 is 16.2 Å². The number of hydrogen-bond donors (Lipinski definition) is 2. The van der Waals surface area contributed by atoms with Crippen molar-refractivity contribution < 1.29 is 13.9 Å². The summed E-state index contributed by atoms with van der Waals surface area (Å²) in [5.41, 5.74) is 10.9. The Morgan fingerprint density at radius 2 is 2.06 bits per heavy atom. The Balaban J connectivity index is 2.03. The van der Waals surface area contributed by atoms with Crippen LogP contribution in [-0.4, -0.2) is 18.1 Å². The summed E-state index contributed by atoms with van der Waals surface area (Å²) in [5, 5.41) is 0. The van der Waals surface area contributed by atoms with Crippen LogP contribution in [0.4, 0.5) is 4.39 Å². The monoisotopic (exact) mass is 252 g/mol. The predicted octanol–water partition coefficient (Wildman–Crippen LogP) is 1.57. The first-order valence-electron chi connectivity index (χ1n) is 6.01. The van der Waals surface area contributed by atoms with Crippen molar-refractivity contribution in [1.29, 1.82) is 0 Å². The summed E-state index contributed by atoms with van der Waals surface area (Å²) >= 11 is 0. The third-order valence-electron chi connectivity index (χ3n) is 3.33. The van der Waals surface area contributed by atoms with E-state index < -0.39 is 11.7 Å². The van der Waals surface area contributed by atoms with Crippen LogP contribution in [-0.2, 0) is 0 Å². The maximum atomic E-state index is 13.6. The third-order valence-corrected chi connectivity index (χ3v) is 3.33. The molecule has 1 aromatic carbocycles. The molecule has 18 heavy (non-hydrogen) atoms. The smallest absolute Gasteiger partial charge is 0.248 e. The van der Waals surface area contributed by atoms with E-state index in [4.69, 9.17) is 16.2 Å². The maximum absolute atomic E-state index is 13.6. The highest BCUT2D eigenvalue weighted by atomic mass is 19.1. The first-order valence-corrected chi connectivity index (χ1v) is 6.01. The summed E-state index contributed by atoms with van der Waals surface area (Å²) in [5.74, 6) is -1.14. The summed E-state index contributed by atoms with van der Waals surface area (Å²) in [6, 6.07) is 3.93. The molecule has 98 valence electrons. The summed E-state index contributed by atoms with van der Waals surface area (Å²) in [6.45, 7) is 0.292. The van der Waals surface area contributed by atoms with E-state index >= 15 is 0 Å². The summed E-state index contributed by atoms with van der Waals surface area (Å²) in [6.07, 6.45) is 3.97. The number of carbonyl (C=O) groups excluding carboxylic acids is 1. The van der Waals surface area contributed by atoms with Gasteiger partial charge in [-0.05, 0) is 31.0 Å². The number of benzene rings is 1. The quantitative estimate of drug-likeness (QED) is 0.853. The molecule has 1 aromatic rings. The molecular formula is C13H17FN2O2. The van der Waals surface area contributed by atoms with Crippen LogP contribution in [0.2, 0.25) is 0 Å². The molecule has 0 saturated heterocycles. The van der Waals surface area contributed by atoms with E-state index in [1.165, 1.54) is 12.1 Å². The highest BCUT2D eigenvalue weighted by Crippen LogP contribution is 2.28. The molecule has 1 aliphatic carbocycles. The SMILES string of the molecule is NC(=O)c1ccc(OCC2(N)CCCC2)c(F)c1. The second kappa shape index (κ2) is 4.94. The summed E-state index contributed by atoms with van der Waals surface area (Å²) in [7, 11) is 0. The van der Waals surface area contributed by atoms with Crippen molar-refractivity contribution in [3.8, 4) is 5.75 Å². The molecule has 1 aliphatic rings. The highest BCUT2D eigenvalue weighted by Gasteiger charge is 2.30. The van der Waals surface area contributed by atoms with Gasteiger partial charge in [-0.1, -0.05) is 12.8 Å². The molecule has 5 heteroatoms. The lowest BCUT2D eigenvalue weighted by molar-refractivity contribution is 0.0999. The van der Waals surface area contributed by atoms with E-state index in [2.05, 4.69) is 0 Å². The van der Waals surface area contributed by atoms with Gasteiger partial charge < -0.3 is 16.2 Å². The van der Waals surface area contributed by atoms with Crippen molar-refractivity contribution >= 4 is 5.91 Å². The van der Waals surface area contributed by atoms with Gasteiger partial charge in [0.25, 0.3) is 0 Å². The lowest BCUT2D eigenvalue weighted by atomic mass is 10.0. The maximum Gasteiger partial charge on any atom is 0.248 e. The fourth-order valence-corrected chi connectivity index (χ4v) is 2.22. The molecule has 0 aliphatic heterocycles. The zero-order chi connectivity index (χ0) is 13.2. The van der Waals surface area contributed by atoms with E-state index in [0.717, 1.165) is 31.7 Å². The van der Waals surface area contributed by atoms with Crippen molar-refractivity contribution in [1.82, 2.24) is 0 Å². The molecule has 0 aromatic heterocycles. The number of rotatable bonds is 4. The molecule has 0 radical (unpaired) electrons. The van der Waals surface area contributed by atoms with E-state index in [1.54, 1.807) is 0 Å². The standard InChI is InChI=1S/C13H17FN2O2/c14-10-7-9(12(15)17)3-4-11(10)18-8-13(16)5-1-2-6-13/h3-4,7H,1-2,5-6,8,16H2,(H2,15,17). The van der Waals surface area contributed by atoms with Gasteiger partial charge in [-0.25, -0.2) is 4.39 Å². The molecule has 2 rings (SSSR count). The third kappa shape index (κ3) is 2.79. The van der Waals surface area contributed by atoms with Crippen LogP contribution in [0.15, 0.2) is 18.2 Å². The molecule has 0 bridgehead atoms. The lowest BCUT2D eigenvalue weighted by Crippen LogP contribution is -2.42. The minimum absolute atomic E-state index is 0.108. The summed E-state index contributed by atoms with van der Waals surface area (Å²) in [4.78, 5) is 10.9. The van der Waals surface area contributed by atoms with E-state index in [-0.39, 0.29) is 16.9 Å². The first-order chi connectivity index (χ1) is 8.50. The largest absolute Gasteiger partial charge is 0.489 e. The molecule has 4 N–H and O–H groups in total. The molecule has 1 fully saturated rings. The Morgan fingerprint density at radius 3 is 2.61 bits per heavy atom. The first kappa shape index (κ1) is 12.8. The second-order valence-electron chi connectivity index (χ2n) is 4.87. The average molecular weight is 252 g/mol. The van der Waals surface area contributed by atoms with Gasteiger partial charge in [-0.2, -0.15) is 0 Å². The number of primary amides is 1. The fourth-order valence-electron chi connectivity index (χ4n) is 2.22. The van der Waals surface area contributed by atoms with Gasteiger partial charge in [0.05, 0.1) is 5.54 Å². The van der Waals surface area contributed by atoms with Gasteiger partial charge in [0.2, 0.25) is 5.91 Å². The van der Waals surface area contributed by atoms with Crippen LogP contribution in [0.3, 0.4) is 0 Å². The molecule has 0 heterocycles. The molecule has 0 atom stereocenters. The van der Waals surface area contributed by atoms with E-state index in [9.17, 15) is 9.18 Å². The van der Waals surface area contributed by atoms with E-state index in [1.807, 2.05) is 0 Å². The van der Waals surface area contributed by atoms with Gasteiger partial charge in [-0.15, -0.1) is 0 Å². The molecule has 0 spiro atoms. The Kier molecular flexibility index (Phi) is 3.52. The topological polar surface area (TPSA) is 78.3 Å². The molecular weight excluding hydrogens is 235 g/mol. The highest BCUT2D eigenvalue weighted by molar-refractivity contribution is 5.92. The van der Waals surface area contributed by atoms with Gasteiger partial charge in [-0.3, -0.25) is 4.79 Å². The zero-order valence-electron chi connectivity index (χ0n) is 10.1. The summed E-state index contributed by atoms with van der Waals surface area (Å²) < 4.78 is 19.0. The van der Waals surface area contributed by atoms with Gasteiger partial charge >= 0.3 is 0 Å². The minimum Gasteiger partial charge on any atom is -0.489 e. The van der Waals surface area contributed by atoms with Crippen molar-refractivity contribution in [2.24, 2.45) is 11.5 Å². The number of carbonyl (C=O) groups is 1. The number of halogens is 1. The van der Waals surface area contributed by atoms with Crippen molar-refractivity contribution in [3.63, 3.8) is 0 Å². The van der Waals surface area contributed by atoms with Crippen molar-refractivity contribution in [2.45, 2.75) is 31.2 Å². The molecule has 1 amide bonds. The van der Waals surface area contributed by atoms with Gasteiger partial charge in [0, 0.05) is 5.56 Å². The Hall–Kier alpha value is -1.62. The number of ether oxygens (including phenoxy) is 1. The van der Waals surface area contributed by atoms with Crippen LogP contribution in [0, 0.1) is 5.82 Å². The van der Waals surface area contributed by atoms with Crippen LogP contribution in [0.25, 0.3) is 0 Å². The van der Waals surface area contributed by atoms with E-state index in [0.29, 0.717) is 6.61 Å². The Labute approximate surface area is 105 Å². The van der Waals surface area contributed by atoms with Crippen molar-refractivity contribution in [3.05, 3.63) is 29.6 Å². The normalized spacial score (nSPS) is 17.7. The van der Waals surface area contributed by atoms with Gasteiger partial charge in [0.1, 0.15) is 6.61 Å². The molecule has 4 nitrogen and oxygen atoms in total. The molecule has 0 unspecified atom stereocenters. The fraction of sp³-hybridized carbons (Fsp3) is 0.462. The van der Waals surface area contributed by atoms with Crippen LogP contribution in [0.1, 0.15) is 36.0 Å². The average Bonchev–Trinajstić information content (AvgIpc) is 2.75. The Bertz CT molecular complexity index is 456. The van der Waals surface area contributed by atoms with Crippen molar-refractivity contribution in [2.75, 3.05) is 6.61 Å². The number of nitrogens with two attached hydrogens (primary N) is 2. The second-order valence-corrected chi connectivity index (χ2v) is 4.87. The van der Waals surface area contributed by atoms with Crippen LogP contribution >= 0.6 is 0 Å². The Morgan fingerprint density at radius 1 is 1.39 bits per heavy atom. The lowest BCUT2D eigenvalue weighted by Gasteiger charge is -2.23. The molecule has 1 saturated carbocycles. The minimum atomic E-state index is -0.661. The van der Waals surface area contributed by atoms with Crippen LogP contribution in [0.5, 0.6) is 5.75 Å². The number of hydrogen-bond acceptors (Lipinski definition) is 3. The predicted molar refractivity (Wildman–Crippen MR) is 65.8 cm³/mol. The van der Waals surface area contributed by atoms with Gasteiger partial charge in [0.15, 0.2) is 11.6 Å². The zero-order valence-corrected chi connectivity index (χ0v) is 10.1.